The first-order valence-corrected chi connectivity index (χ1v) is 7.04. The number of benzene rings is 1. The Morgan fingerprint density at radius 2 is 2.00 bits per heavy atom. The summed E-state index contributed by atoms with van der Waals surface area (Å²) in [6.45, 7) is 3.92. The number of aromatic nitrogens is 2. The van der Waals surface area contributed by atoms with Gasteiger partial charge in [0.1, 0.15) is 17.1 Å². The van der Waals surface area contributed by atoms with E-state index < -0.39 is 4.92 Å². The number of hydrogen-bond donors (Lipinski definition) is 1. The lowest BCUT2D eigenvalue weighted by molar-refractivity contribution is -0.386. The largest absolute Gasteiger partial charge is 0.497 e. The van der Waals surface area contributed by atoms with Crippen LogP contribution in [0.4, 0.5) is 5.69 Å². The van der Waals surface area contributed by atoms with Gasteiger partial charge in [-0.1, -0.05) is 0 Å². The second-order valence-corrected chi connectivity index (χ2v) is 4.98. The van der Waals surface area contributed by atoms with Crippen LogP contribution in [-0.2, 0) is 6.54 Å². The molecule has 1 heterocycles. The molecule has 0 fully saturated rings. The molecule has 1 amide bonds. The van der Waals surface area contributed by atoms with Gasteiger partial charge in [0, 0.05) is 12.1 Å². The molecular weight excluding hydrogens is 300 g/mol. The Balaban J connectivity index is 1.95. The fourth-order valence-electron chi connectivity index (χ4n) is 2.29. The third-order valence-corrected chi connectivity index (χ3v) is 3.49. The number of nitro groups is 1. The lowest BCUT2D eigenvalue weighted by Crippen LogP contribution is -2.27. The number of hydrogen-bond acceptors (Lipinski definition) is 5. The molecule has 0 bridgehead atoms. The van der Waals surface area contributed by atoms with Gasteiger partial charge in [0.05, 0.1) is 18.6 Å². The fourth-order valence-corrected chi connectivity index (χ4v) is 2.29. The zero-order valence-electron chi connectivity index (χ0n) is 13.2. The van der Waals surface area contributed by atoms with E-state index in [-0.39, 0.29) is 11.6 Å². The Morgan fingerprint density at radius 1 is 1.35 bits per heavy atom. The molecule has 1 aromatic heterocycles. The van der Waals surface area contributed by atoms with E-state index in [9.17, 15) is 14.9 Å². The molecule has 0 aliphatic heterocycles. The molecule has 122 valence electrons. The number of methoxy groups -OCH3 is 1. The highest BCUT2D eigenvalue weighted by Gasteiger charge is 2.21. The molecule has 8 heteroatoms. The van der Waals surface area contributed by atoms with Crippen molar-refractivity contribution in [2.24, 2.45) is 0 Å². The number of carbonyl (C=O) groups is 1. The Hall–Kier alpha value is -2.90. The van der Waals surface area contributed by atoms with Gasteiger partial charge in [-0.2, -0.15) is 5.10 Å². The summed E-state index contributed by atoms with van der Waals surface area (Å²) in [7, 11) is 1.56. The SMILES string of the molecule is COc1ccc(C(=O)NCCn2nc(C)c([N+](=O)[O-])c2C)cc1. The van der Waals surface area contributed by atoms with Gasteiger partial charge in [-0.25, -0.2) is 0 Å². The summed E-state index contributed by atoms with van der Waals surface area (Å²) in [6, 6.07) is 6.75. The van der Waals surface area contributed by atoms with E-state index in [1.165, 1.54) is 4.68 Å². The van der Waals surface area contributed by atoms with Crippen LogP contribution in [0.1, 0.15) is 21.7 Å². The van der Waals surface area contributed by atoms with E-state index in [1.54, 1.807) is 45.2 Å². The van der Waals surface area contributed by atoms with Gasteiger partial charge < -0.3 is 10.1 Å². The summed E-state index contributed by atoms with van der Waals surface area (Å²) in [4.78, 5) is 22.5. The van der Waals surface area contributed by atoms with E-state index in [4.69, 9.17) is 4.74 Å². The van der Waals surface area contributed by atoms with Crippen LogP contribution in [0, 0.1) is 24.0 Å². The van der Waals surface area contributed by atoms with Gasteiger partial charge in [0.2, 0.25) is 0 Å². The quantitative estimate of drug-likeness (QED) is 0.647. The standard InChI is InChI=1S/C15H18N4O4/c1-10-14(19(21)22)11(2)18(17-10)9-8-16-15(20)12-4-6-13(23-3)7-5-12/h4-7H,8-9H2,1-3H3,(H,16,20). The Labute approximate surface area is 133 Å². The number of nitrogens with one attached hydrogen (secondary N) is 1. The molecule has 2 rings (SSSR count). The van der Waals surface area contributed by atoms with Crippen LogP contribution in [-0.4, -0.2) is 34.3 Å². The predicted octanol–water partition coefficient (Wildman–Crippen LogP) is 1.85. The lowest BCUT2D eigenvalue weighted by Gasteiger charge is -2.07. The second kappa shape index (κ2) is 6.91. The molecule has 0 atom stereocenters. The molecule has 1 aromatic carbocycles. The molecule has 2 aromatic rings. The van der Waals surface area contributed by atoms with Crippen molar-refractivity contribution in [3.63, 3.8) is 0 Å². The molecular formula is C15H18N4O4. The highest BCUT2D eigenvalue weighted by molar-refractivity contribution is 5.94. The van der Waals surface area contributed by atoms with Crippen LogP contribution in [0.5, 0.6) is 5.75 Å². The maximum atomic E-state index is 12.0. The average Bonchev–Trinajstić information content (AvgIpc) is 2.81. The number of rotatable bonds is 6. The highest BCUT2D eigenvalue weighted by atomic mass is 16.6. The first-order chi connectivity index (χ1) is 10.9. The van der Waals surface area contributed by atoms with Crippen molar-refractivity contribution >= 4 is 11.6 Å². The first kappa shape index (κ1) is 16.5. The van der Waals surface area contributed by atoms with Crippen molar-refractivity contribution in [1.29, 1.82) is 0 Å². The molecule has 0 saturated carbocycles. The third-order valence-electron chi connectivity index (χ3n) is 3.49. The molecule has 23 heavy (non-hydrogen) atoms. The summed E-state index contributed by atoms with van der Waals surface area (Å²) >= 11 is 0. The highest BCUT2D eigenvalue weighted by Crippen LogP contribution is 2.21. The van der Waals surface area contributed by atoms with Crippen molar-refractivity contribution in [1.82, 2.24) is 15.1 Å². The van der Waals surface area contributed by atoms with Crippen molar-refractivity contribution in [2.45, 2.75) is 20.4 Å². The normalized spacial score (nSPS) is 10.4. The second-order valence-electron chi connectivity index (χ2n) is 4.98. The zero-order valence-corrected chi connectivity index (χ0v) is 13.2. The summed E-state index contributed by atoms with van der Waals surface area (Å²) in [6.07, 6.45) is 0. The summed E-state index contributed by atoms with van der Waals surface area (Å²) in [5.74, 6) is 0.459. The van der Waals surface area contributed by atoms with E-state index in [2.05, 4.69) is 10.4 Å². The number of nitrogens with zero attached hydrogens (tertiary/aromatic N) is 3. The predicted molar refractivity (Wildman–Crippen MR) is 83.7 cm³/mol. The lowest BCUT2D eigenvalue weighted by atomic mass is 10.2. The maximum Gasteiger partial charge on any atom is 0.312 e. The molecule has 0 radical (unpaired) electrons. The Kier molecular flexibility index (Phi) is 4.95. The smallest absolute Gasteiger partial charge is 0.312 e. The van der Waals surface area contributed by atoms with Crippen LogP contribution in [0.3, 0.4) is 0 Å². The molecule has 0 aliphatic rings. The van der Waals surface area contributed by atoms with Crippen LogP contribution in [0.2, 0.25) is 0 Å². The number of aryl methyl sites for hydroxylation is 1. The van der Waals surface area contributed by atoms with E-state index in [0.717, 1.165) is 0 Å². The van der Waals surface area contributed by atoms with Gasteiger partial charge >= 0.3 is 5.69 Å². The molecule has 0 unspecified atom stereocenters. The van der Waals surface area contributed by atoms with Crippen molar-refractivity contribution in [3.05, 3.63) is 51.3 Å². The average molecular weight is 318 g/mol. The van der Waals surface area contributed by atoms with E-state index in [1.807, 2.05) is 0 Å². The first-order valence-electron chi connectivity index (χ1n) is 7.04. The van der Waals surface area contributed by atoms with Gasteiger partial charge in [-0.05, 0) is 38.1 Å². The van der Waals surface area contributed by atoms with Gasteiger partial charge in [0.25, 0.3) is 5.91 Å². The van der Waals surface area contributed by atoms with Crippen LogP contribution in [0.25, 0.3) is 0 Å². The van der Waals surface area contributed by atoms with Crippen molar-refractivity contribution in [2.75, 3.05) is 13.7 Å². The molecule has 0 aliphatic carbocycles. The number of ether oxygens (including phenoxy) is 1. The maximum absolute atomic E-state index is 12.0. The molecule has 0 saturated heterocycles. The summed E-state index contributed by atoms with van der Waals surface area (Å²) in [5.41, 5.74) is 1.39. The zero-order chi connectivity index (χ0) is 17.0. The van der Waals surface area contributed by atoms with Crippen molar-refractivity contribution in [3.8, 4) is 5.75 Å². The van der Waals surface area contributed by atoms with E-state index in [0.29, 0.717) is 35.8 Å². The monoisotopic (exact) mass is 318 g/mol. The number of carbonyl (C=O) groups excluding carboxylic acids is 1. The molecule has 8 nitrogen and oxygen atoms in total. The minimum absolute atomic E-state index is 0.0199. The van der Waals surface area contributed by atoms with Gasteiger partial charge in [-0.3, -0.25) is 19.6 Å². The topological polar surface area (TPSA) is 99.3 Å². The summed E-state index contributed by atoms with van der Waals surface area (Å²) in [5, 5.41) is 17.8. The summed E-state index contributed by atoms with van der Waals surface area (Å²) < 4.78 is 6.57. The minimum atomic E-state index is -0.440. The van der Waals surface area contributed by atoms with Gasteiger partial charge in [-0.15, -0.1) is 0 Å². The molecule has 0 spiro atoms. The number of amides is 1. The molecule has 1 N–H and O–H groups in total. The minimum Gasteiger partial charge on any atom is -0.497 e. The van der Waals surface area contributed by atoms with Crippen molar-refractivity contribution < 1.29 is 14.5 Å². The van der Waals surface area contributed by atoms with Crippen LogP contribution >= 0.6 is 0 Å². The van der Waals surface area contributed by atoms with Crippen LogP contribution < -0.4 is 10.1 Å². The fraction of sp³-hybridized carbons (Fsp3) is 0.333. The van der Waals surface area contributed by atoms with E-state index >= 15 is 0 Å². The third kappa shape index (κ3) is 3.65. The Morgan fingerprint density at radius 3 is 2.52 bits per heavy atom. The Bertz CT molecular complexity index is 722. The van der Waals surface area contributed by atoms with Crippen LogP contribution in [0.15, 0.2) is 24.3 Å². The van der Waals surface area contributed by atoms with Gasteiger partial charge in [0.15, 0.2) is 0 Å².